The monoisotopic (exact) mass is 316 g/mol. The molecule has 0 aliphatic heterocycles. The van der Waals surface area contributed by atoms with Gasteiger partial charge in [-0.2, -0.15) is 9.97 Å². The van der Waals surface area contributed by atoms with Crippen molar-refractivity contribution in [3.8, 4) is 11.9 Å². The van der Waals surface area contributed by atoms with E-state index in [9.17, 15) is 0 Å². The Morgan fingerprint density at radius 3 is 2.60 bits per heavy atom. The van der Waals surface area contributed by atoms with E-state index in [1.54, 1.807) is 7.11 Å². The van der Waals surface area contributed by atoms with Crippen LogP contribution in [0.1, 0.15) is 0 Å². The van der Waals surface area contributed by atoms with E-state index in [1.165, 1.54) is 7.11 Å². The number of fused-ring (bicyclic) bond motifs is 1. The summed E-state index contributed by atoms with van der Waals surface area (Å²) in [6.07, 6.45) is 0. The molecule has 0 bridgehead atoms. The molecule has 2 aromatic rings. The minimum Gasteiger partial charge on any atom is -0.480 e. The van der Waals surface area contributed by atoms with Crippen LogP contribution in [-0.4, -0.2) is 24.2 Å². The number of hydrogen-bond acceptors (Lipinski definition) is 4. The summed E-state index contributed by atoms with van der Waals surface area (Å²) in [4.78, 5) is 8.35. The first kappa shape index (κ1) is 10.4. The highest BCUT2D eigenvalue weighted by Gasteiger charge is 2.08. The molecule has 0 amide bonds. The number of rotatable bonds is 2. The Balaban J connectivity index is 2.75. The molecule has 1 heterocycles. The third-order valence-corrected chi connectivity index (χ3v) is 2.65. The van der Waals surface area contributed by atoms with Crippen LogP contribution in [0.15, 0.2) is 18.2 Å². The van der Waals surface area contributed by atoms with Gasteiger partial charge in [-0.1, -0.05) is 0 Å². The van der Waals surface area contributed by atoms with E-state index in [4.69, 9.17) is 9.47 Å². The van der Waals surface area contributed by atoms with Crippen LogP contribution in [0, 0.1) is 3.57 Å². The molecular weight excluding hydrogens is 307 g/mol. The maximum absolute atomic E-state index is 5.19. The number of benzene rings is 1. The van der Waals surface area contributed by atoms with Crippen LogP contribution in [0.4, 0.5) is 0 Å². The zero-order chi connectivity index (χ0) is 10.8. The minimum absolute atomic E-state index is 0.320. The van der Waals surface area contributed by atoms with Crippen molar-refractivity contribution in [2.24, 2.45) is 0 Å². The Morgan fingerprint density at radius 1 is 1.13 bits per heavy atom. The first-order chi connectivity index (χ1) is 7.24. The van der Waals surface area contributed by atoms with Gasteiger partial charge in [0, 0.05) is 3.57 Å². The fraction of sp³-hybridized carbons (Fsp3) is 0.200. The van der Waals surface area contributed by atoms with Crippen molar-refractivity contribution >= 4 is 33.5 Å². The average molecular weight is 316 g/mol. The van der Waals surface area contributed by atoms with Crippen molar-refractivity contribution in [3.05, 3.63) is 21.8 Å². The van der Waals surface area contributed by atoms with Gasteiger partial charge >= 0.3 is 6.01 Å². The molecule has 0 aliphatic carbocycles. The predicted molar refractivity (Wildman–Crippen MR) is 65.4 cm³/mol. The Hall–Kier alpha value is -1.11. The van der Waals surface area contributed by atoms with Gasteiger partial charge < -0.3 is 9.47 Å². The average Bonchev–Trinajstić information content (AvgIpc) is 2.27. The van der Waals surface area contributed by atoms with E-state index in [-0.39, 0.29) is 0 Å². The fourth-order valence-corrected chi connectivity index (χ4v) is 1.79. The molecule has 0 spiro atoms. The largest absolute Gasteiger partial charge is 0.480 e. The molecule has 0 fully saturated rings. The van der Waals surface area contributed by atoms with Crippen LogP contribution in [0.3, 0.4) is 0 Å². The van der Waals surface area contributed by atoms with Crippen molar-refractivity contribution in [2.45, 2.75) is 0 Å². The Bertz CT molecular complexity index is 502. The van der Waals surface area contributed by atoms with Gasteiger partial charge in [-0.25, -0.2) is 0 Å². The summed E-state index contributed by atoms with van der Waals surface area (Å²) in [5.41, 5.74) is 0.819. The van der Waals surface area contributed by atoms with Crippen LogP contribution >= 0.6 is 22.6 Å². The lowest BCUT2D eigenvalue weighted by Crippen LogP contribution is -1.97. The molecule has 5 heteroatoms. The molecule has 0 unspecified atom stereocenters. The van der Waals surface area contributed by atoms with Crippen molar-refractivity contribution in [1.82, 2.24) is 9.97 Å². The van der Waals surface area contributed by atoms with Crippen molar-refractivity contribution in [3.63, 3.8) is 0 Å². The third kappa shape index (κ3) is 1.97. The van der Waals surface area contributed by atoms with Gasteiger partial charge in [0.2, 0.25) is 5.88 Å². The van der Waals surface area contributed by atoms with Gasteiger partial charge in [0.25, 0.3) is 0 Å². The molecule has 0 N–H and O–H groups in total. The summed E-state index contributed by atoms with van der Waals surface area (Å²) in [6, 6.07) is 6.20. The molecule has 1 aromatic carbocycles. The number of aromatic nitrogens is 2. The van der Waals surface area contributed by atoms with Crippen LogP contribution in [0.5, 0.6) is 11.9 Å². The third-order valence-electron chi connectivity index (χ3n) is 1.98. The highest BCUT2D eigenvalue weighted by atomic mass is 127. The second-order valence-corrected chi connectivity index (χ2v) is 4.13. The number of hydrogen-bond donors (Lipinski definition) is 0. The van der Waals surface area contributed by atoms with Gasteiger partial charge in [-0.3, -0.25) is 0 Å². The molecule has 0 atom stereocenters. The first-order valence-corrected chi connectivity index (χ1v) is 5.37. The Labute approximate surface area is 101 Å². The zero-order valence-corrected chi connectivity index (χ0v) is 10.5. The summed E-state index contributed by atoms with van der Waals surface area (Å²) >= 11 is 2.24. The molecular formula is C10H9IN2O2. The number of ether oxygens (including phenoxy) is 2. The molecule has 4 nitrogen and oxygen atoms in total. The van der Waals surface area contributed by atoms with E-state index in [2.05, 4.69) is 32.6 Å². The zero-order valence-electron chi connectivity index (χ0n) is 8.32. The molecule has 78 valence electrons. The summed E-state index contributed by atoms with van der Waals surface area (Å²) in [7, 11) is 3.12. The van der Waals surface area contributed by atoms with Crippen molar-refractivity contribution in [2.75, 3.05) is 14.2 Å². The highest BCUT2D eigenvalue weighted by molar-refractivity contribution is 14.1. The van der Waals surface area contributed by atoms with Crippen LogP contribution < -0.4 is 9.47 Å². The quantitative estimate of drug-likeness (QED) is 0.797. The number of halogens is 1. The summed E-state index contributed by atoms with van der Waals surface area (Å²) < 4.78 is 11.3. The summed E-state index contributed by atoms with van der Waals surface area (Å²) in [5.74, 6) is 0.537. The smallest absolute Gasteiger partial charge is 0.320 e. The van der Waals surface area contributed by atoms with Gasteiger partial charge in [-0.05, 0) is 40.8 Å². The Kier molecular flexibility index (Phi) is 2.90. The van der Waals surface area contributed by atoms with E-state index in [0.29, 0.717) is 11.9 Å². The van der Waals surface area contributed by atoms with E-state index >= 15 is 0 Å². The molecule has 0 saturated heterocycles. The maximum atomic E-state index is 5.19. The van der Waals surface area contributed by atoms with Gasteiger partial charge in [0.05, 0.1) is 25.1 Å². The fourth-order valence-electron chi connectivity index (χ4n) is 1.30. The molecule has 0 radical (unpaired) electrons. The molecule has 0 saturated carbocycles. The standard InChI is InChI=1S/C10H9IN2O2/c1-14-9-7-5-6(11)3-4-8(7)12-10(13-9)15-2/h3-5H,1-2H3. The van der Waals surface area contributed by atoms with Crippen molar-refractivity contribution < 1.29 is 9.47 Å². The van der Waals surface area contributed by atoms with Gasteiger partial charge in [-0.15, -0.1) is 0 Å². The van der Waals surface area contributed by atoms with E-state index < -0.39 is 0 Å². The van der Waals surface area contributed by atoms with Crippen molar-refractivity contribution in [1.29, 1.82) is 0 Å². The molecule has 15 heavy (non-hydrogen) atoms. The molecule has 1 aromatic heterocycles. The van der Waals surface area contributed by atoms with Crippen LogP contribution in [0.25, 0.3) is 10.9 Å². The lowest BCUT2D eigenvalue weighted by molar-refractivity contribution is 0.357. The lowest BCUT2D eigenvalue weighted by atomic mass is 10.2. The summed E-state index contributed by atoms with van der Waals surface area (Å²) in [5, 5.41) is 0.894. The number of methoxy groups -OCH3 is 2. The van der Waals surface area contributed by atoms with E-state index in [0.717, 1.165) is 14.5 Å². The normalized spacial score (nSPS) is 10.3. The van der Waals surface area contributed by atoms with Gasteiger partial charge in [0.1, 0.15) is 0 Å². The minimum atomic E-state index is 0.320. The van der Waals surface area contributed by atoms with E-state index in [1.807, 2.05) is 18.2 Å². The topological polar surface area (TPSA) is 44.2 Å². The second-order valence-electron chi connectivity index (χ2n) is 2.88. The molecule has 2 rings (SSSR count). The predicted octanol–water partition coefficient (Wildman–Crippen LogP) is 2.25. The lowest BCUT2D eigenvalue weighted by Gasteiger charge is -2.06. The number of nitrogens with zero attached hydrogens (tertiary/aromatic N) is 2. The second kappa shape index (κ2) is 4.18. The Morgan fingerprint density at radius 2 is 1.93 bits per heavy atom. The molecule has 0 aliphatic rings. The SMILES string of the molecule is COc1nc(OC)c2cc(I)ccc2n1. The van der Waals surface area contributed by atoms with Gasteiger partial charge in [0.15, 0.2) is 0 Å². The van der Waals surface area contributed by atoms with Crippen LogP contribution in [-0.2, 0) is 0 Å². The summed E-state index contributed by atoms with van der Waals surface area (Å²) in [6.45, 7) is 0. The van der Waals surface area contributed by atoms with Crippen LogP contribution in [0.2, 0.25) is 0 Å². The first-order valence-electron chi connectivity index (χ1n) is 4.30. The highest BCUT2D eigenvalue weighted by Crippen LogP contribution is 2.25. The maximum Gasteiger partial charge on any atom is 0.320 e.